The van der Waals surface area contributed by atoms with E-state index < -0.39 is 29.7 Å². The summed E-state index contributed by atoms with van der Waals surface area (Å²) in [7, 11) is 0. The first-order chi connectivity index (χ1) is 20.8. The van der Waals surface area contributed by atoms with E-state index in [1.54, 1.807) is 29.2 Å². The first kappa shape index (κ1) is 29.0. The highest BCUT2D eigenvalue weighted by atomic mass is 16.2. The predicted octanol–water partition coefficient (Wildman–Crippen LogP) is 6.32. The van der Waals surface area contributed by atoms with Crippen LogP contribution in [-0.2, 0) is 15.0 Å². The number of nitrogens with zero attached hydrogens (tertiary/aromatic N) is 1. The van der Waals surface area contributed by atoms with Gasteiger partial charge in [-0.1, -0.05) is 115 Å². The third-order valence-electron chi connectivity index (χ3n) is 7.86. The normalized spacial score (nSPS) is 11.8. The van der Waals surface area contributed by atoms with Crippen LogP contribution in [0.3, 0.4) is 0 Å². The van der Waals surface area contributed by atoms with Crippen LogP contribution in [0.25, 0.3) is 0 Å². The lowest BCUT2D eigenvalue weighted by Gasteiger charge is -2.38. The zero-order valence-electron chi connectivity index (χ0n) is 24.0. The molecule has 0 unspecified atom stereocenters. The molecular weight excluding hydrogens is 532 g/mol. The number of carbonyl (C=O) groups is 2. The van der Waals surface area contributed by atoms with E-state index in [2.05, 4.69) is 84.9 Å². The summed E-state index contributed by atoms with van der Waals surface area (Å²) in [6.07, 6.45) is -0.430. The molecule has 2 amide bonds. The lowest BCUT2D eigenvalue weighted by molar-refractivity contribution is -0.126. The molecule has 0 radical (unpaired) electrons. The Morgan fingerprint density at radius 3 is 1.58 bits per heavy atom. The summed E-state index contributed by atoms with van der Waals surface area (Å²) in [5.41, 5.74) is 16.8. The highest BCUT2D eigenvalue weighted by Crippen LogP contribution is 2.45. The van der Waals surface area contributed by atoms with Gasteiger partial charge >= 0.3 is 0 Å². The van der Waals surface area contributed by atoms with Gasteiger partial charge in [-0.25, -0.2) is 0 Å². The van der Waals surface area contributed by atoms with Gasteiger partial charge in [0.05, 0.1) is 11.5 Å². The molecule has 214 valence electrons. The van der Waals surface area contributed by atoms with Crippen molar-refractivity contribution in [3.8, 4) is 0 Å². The monoisotopic (exact) mass is 566 g/mol. The number of hydrogen-bond acceptors (Lipinski definition) is 3. The topological polar surface area (TPSA) is 113 Å². The highest BCUT2D eigenvalue weighted by Gasteiger charge is 2.38. The fourth-order valence-electron chi connectivity index (χ4n) is 5.86. The molecule has 0 bridgehead atoms. The fraction of sp³-hybridized carbons (Fsp3) is 0.108. The molecule has 5 N–H and O–H groups in total. The van der Waals surface area contributed by atoms with Gasteiger partial charge in [0.25, 0.3) is 0 Å². The smallest absolute Gasteiger partial charge is 0.236 e. The van der Waals surface area contributed by atoms with Gasteiger partial charge < -0.3 is 16.4 Å². The number of anilines is 1. The molecular formula is C37H34N4O2. The Morgan fingerprint density at radius 1 is 0.674 bits per heavy atom. The summed E-state index contributed by atoms with van der Waals surface area (Å²) in [5.74, 6) is -1.18. The van der Waals surface area contributed by atoms with E-state index in [1.807, 2.05) is 37.3 Å². The Balaban J connectivity index is 1.70. The van der Waals surface area contributed by atoms with Crippen molar-refractivity contribution in [1.29, 1.82) is 5.41 Å². The summed E-state index contributed by atoms with van der Waals surface area (Å²) < 4.78 is 0. The van der Waals surface area contributed by atoms with Crippen molar-refractivity contribution in [3.63, 3.8) is 0 Å². The number of rotatable bonds is 10. The van der Waals surface area contributed by atoms with Crippen molar-refractivity contribution >= 4 is 23.3 Å². The molecule has 0 saturated heterocycles. The van der Waals surface area contributed by atoms with Crippen LogP contribution in [0.4, 0.5) is 5.69 Å². The van der Waals surface area contributed by atoms with E-state index in [0.29, 0.717) is 11.3 Å². The minimum atomic E-state index is -0.701. The number of hydrogen-bond donors (Lipinski definition) is 3. The van der Waals surface area contributed by atoms with E-state index in [0.717, 1.165) is 27.8 Å². The average molecular weight is 567 g/mol. The number of nitrogens with two attached hydrogens (primary N) is 2. The third-order valence-corrected chi connectivity index (χ3v) is 7.86. The summed E-state index contributed by atoms with van der Waals surface area (Å²) in [5, 5.41) is 7.74. The molecule has 5 aromatic carbocycles. The molecule has 6 nitrogen and oxygen atoms in total. The van der Waals surface area contributed by atoms with E-state index in [9.17, 15) is 9.59 Å². The zero-order valence-corrected chi connectivity index (χ0v) is 24.0. The maximum atomic E-state index is 13.5. The standard InChI is InChI=1S/C37H34N4O2/c1-26(41(35(43)25-34(38)42)33-22-20-27(21-23-33)36(39)40)28-12-11-19-32(24-28)37(29-13-5-2-6-14-29,30-15-7-3-8-16-30)31-17-9-4-10-18-31/h2-24,26H,25H2,1H3,(H2,38,42)(H3,39,40)/t26-/m0/s1. The Hall–Kier alpha value is -5.49. The molecule has 43 heavy (non-hydrogen) atoms. The van der Waals surface area contributed by atoms with Crippen molar-refractivity contribution in [2.45, 2.75) is 24.8 Å². The minimum absolute atomic E-state index is 0.0682. The number of nitrogen functional groups attached to an aromatic ring is 1. The average Bonchev–Trinajstić information content (AvgIpc) is 3.03. The van der Waals surface area contributed by atoms with E-state index in [-0.39, 0.29) is 5.84 Å². The van der Waals surface area contributed by atoms with Crippen molar-refractivity contribution in [3.05, 3.63) is 173 Å². The molecule has 0 fully saturated rings. The number of benzene rings is 5. The largest absolute Gasteiger partial charge is 0.384 e. The van der Waals surface area contributed by atoms with Gasteiger partial charge in [0.2, 0.25) is 11.8 Å². The van der Waals surface area contributed by atoms with Crippen LogP contribution >= 0.6 is 0 Å². The summed E-state index contributed by atoms with van der Waals surface area (Å²) in [6.45, 7) is 1.94. The summed E-state index contributed by atoms with van der Waals surface area (Å²) in [6, 6.07) is 45.9. The molecule has 5 rings (SSSR count). The number of nitrogens with one attached hydrogen (secondary N) is 1. The van der Waals surface area contributed by atoms with Gasteiger partial charge in [-0.15, -0.1) is 0 Å². The first-order valence-electron chi connectivity index (χ1n) is 14.1. The number of amidine groups is 1. The van der Waals surface area contributed by atoms with Crippen molar-refractivity contribution in [2.75, 3.05) is 4.90 Å². The summed E-state index contributed by atoms with van der Waals surface area (Å²) in [4.78, 5) is 26.9. The van der Waals surface area contributed by atoms with E-state index in [1.165, 1.54) is 0 Å². The Labute approximate surface area is 252 Å². The minimum Gasteiger partial charge on any atom is -0.384 e. The maximum absolute atomic E-state index is 13.5. The second-order valence-electron chi connectivity index (χ2n) is 10.5. The van der Waals surface area contributed by atoms with Gasteiger partial charge in [-0.05, 0) is 59.0 Å². The predicted molar refractivity (Wildman–Crippen MR) is 172 cm³/mol. The first-order valence-corrected chi connectivity index (χ1v) is 14.1. The van der Waals surface area contributed by atoms with Crippen LogP contribution in [0, 0.1) is 5.41 Å². The molecule has 0 saturated carbocycles. The SMILES string of the molecule is C[C@@H](c1cccc(C(c2ccccc2)(c2ccccc2)c2ccccc2)c1)N(C(=O)CC(N)=O)c1ccc(C(=N)N)cc1. The highest BCUT2D eigenvalue weighted by molar-refractivity contribution is 6.05. The Bertz CT molecular complexity index is 1620. The quantitative estimate of drug-likeness (QED) is 0.0795. The van der Waals surface area contributed by atoms with Crippen molar-refractivity contribution in [2.24, 2.45) is 11.5 Å². The molecule has 5 aromatic rings. The molecule has 0 aliphatic heterocycles. The van der Waals surface area contributed by atoms with Crippen LogP contribution < -0.4 is 16.4 Å². The van der Waals surface area contributed by atoms with Gasteiger partial charge in [0.15, 0.2) is 0 Å². The molecule has 6 heteroatoms. The van der Waals surface area contributed by atoms with Crippen LogP contribution in [0.15, 0.2) is 140 Å². The lowest BCUT2D eigenvalue weighted by atomic mass is 9.65. The maximum Gasteiger partial charge on any atom is 0.236 e. The van der Waals surface area contributed by atoms with Gasteiger partial charge in [-0.2, -0.15) is 0 Å². The zero-order chi connectivity index (χ0) is 30.4. The van der Waals surface area contributed by atoms with E-state index in [4.69, 9.17) is 16.9 Å². The van der Waals surface area contributed by atoms with Gasteiger partial charge in [0, 0.05) is 11.3 Å². The van der Waals surface area contributed by atoms with E-state index >= 15 is 0 Å². The van der Waals surface area contributed by atoms with Crippen LogP contribution in [0.1, 0.15) is 52.8 Å². The summed E-state index contributed by atoms with van der Waals surface area (Å²) >= 11 is 0. The molecule has 0 spiro atoms. The third kappa shape index (κ3) is 5.81. The Kier molecular flexibility index (Phi) is 8.49. The van der Waals surface area contributed by atoms with Crippen molar-refractivity contribution in [1.82, 2.24) is 0 Å². The van der Waals surface area contributed by atoms with Gasteiger partial charge in [0.1, 0.15) is 12.3 Å². The molecule has 1 atom stereocenters. The molecule has 0 aliphatic rings. The number of carbonyl (C=O) groups excluding carboxylic acids is 2. The Morgan fingerprint density at radius 2 is 1.14 bits per heavy atom. The van der Waals surface area contributed by atoms with Gasteiger partial charge in [-0.3, -0.25) is 15.0 Å². The van der Waals surface area contributed by atoms with Crippen molar-refractivity contribution < 1.29 is 9.59 Å². The number of primary amides is 1. The number of amides is 2. The molecule has 0 aromatic heterocycles. The fourth-order valence-corrected chi connectivity index (χ4v) is 5.86. The second kappa shape index (κ2) is 12.6. The van der Waals surface area contributed by atoms with Crippen LogP contribution in [0.5, 0.6) is 0 Å². The molecule has 0 aliphatic carbocycles. The van der Waals surface area contributed by atoms with Crippen LogP contribution in [0.2, 0.25) is 0 Å². The second-order valence-corrected chi connectivity index (χ2v) is 10.5. The van der Waals surface area contributed by atoms with Crippen LogP contribution in [-0.4, -0.2) is 17.6 Å². The lowest BCUT2D eigenvalue weighted by Crippen LogP contribution is -2.36. The molecule has 0 heterocycles.